The van der Waals surface area contributed by atoms with Crippen LogP contribution in [0.4, 0.5) is 0 Å². The van der Waals surface area contributed by atoms with Crippen molar-refractivity contribution in [3.05, 3.63) is 47.4 Å². The summed E-state index contributed by atoms with van der Waals surface area (Å²) in [6.07, 6.45) is 11.5. The predicted octanol–water partition coefficient (Wildman–Crippen LogP) is 5.38. The van der Waals surface area contributed by atoms with Crippen molar-refractivity contribution in [2.45, 2.75) is 69.9 Å². The minimum atomic E-state index is 0.565. The molecule has 0 bridgehead atoms. The second kappa shape index (κ2) is 8.03. The van der Waals surface area contributed by atoms with Gasteiger partial charge in [-0.3, -0.25) is 9.88 Å². The van der Waals surface area contributed by atoms with Crippen molar-refractivity contribution in [2.75, 3.05) is 19.8 Å². The fraction of sp³-hybridized carbons (Fsp3) is 0.538. The Labute approximate surface area is 184 Å². The lowest BCUT2D eigenvalue weighted by Gasteiger charge is -2.27. The third kappa shape index (κ3) is 3.79. The molecule has 3 fully saturated rings. The highest BCUT2D eigenvalue weighted by Crippen LogP contribution is 2.43. The summed E-state index contributed by atoms with van der Waals surface area (Å²) >= 11 is 0. The van der Waals surface area contributed by atoms with Gasteiger partial charge < -0.3 is 9.72 Å². The maximum Gasteiger partial charge on any atom is 0.137 e. The Morgan fingerprint density at radius 3 is 2.68 bits per heavy atom. The summed E-state index contributed by atoms with van der Waals surface area (Å²) in [5.74, 6) is 1.27. The lowest BCUT2D eigenvalue weighted by Crippen LogP contribution is -2.28. The van der Waals surface area contributed by atoms with Gasteiger partial charge in [-0.1, -0.05) is 6.07 Å². The number of ether oxygens (including phenoxy) is 1. The zero-order valence-electron chi connectivity index (χ0n) is 18.4. The minimum absolute atomic E-state index is 0.565. The largest absolute Gasteiger partial charge is 0.381 e. The summed E-state index contributed by atoms with van der Waals surface area (Å²) in [5.41, 5.74) is 7.29. The number of fused-ring (bicyclic) bond motifs is 1. The Morgan fingerprint density at radius 1 is 1.06 bits per heavy atom. The standard InChI is InChI=1S/C26H32N4O/c1-17-3-2-10-30(17)16-25-21(19-8-11-31-12-9-19)6-7-24(29-25)20-13-22-23(18-4-5-18)15-28-26(22)27-14-20/h6-7,13-15,17-19H,2-5,8-12,16H2,1H3,(H,27,28)/t17-/m1/s1. The van der Waals surface area contributed by atoms with Crippen molar-refractivity contribution in [3.63, 3.8) is 0 Å². The topological polar surface area (TPSA) is 54.0 Å². The zero-order valence-corrected chi connectivity index (χ0v) is 18.4. The second-order valence-electron chi connectivity index (χ2n) is 9.72. The first kappa shape index (κ1) is 19.4. The van der Waals surface area contributed by atoms with Crippen molar-refractivity contribution >= 4 is 11.0 Å². The van der Waals surface area contributed by atoms with Crippen LogP contribution in [0.3, 0.4) is 0 Å². The van der Waals surface area contributed by atoms with Crippen LogP contribution < -0.4 is 0 Å². The smallest absolute Gasteiger partial charge is 0.137 e. The van der Waals surface area contributed by atoms with E-state index >= 15 is 0 Å². The van der Waals surface area contributed by atoms with Gasteiger partial charge in [0.15, 0.2) is 0 Å². The molecule has 2 aliphatic heterocycles. The number of rotatable bonds is 5. The molecule has 31 heavy (non-hydrogen) atoms. The molecule has 2 saturated heterocycles. The van der Waals surface area contributed by atoms with E-state index < -0.39 is 0 Å². The number of nitrogens with zero attached hydrogens (tertiary/aromatic N) is 3. The maximum atomic E-state index is 5.63. The number of H-pyrrole nitrogens is 1. The monoisotopic (exact) mass is 416 g/mol. The summed E-state index contributed by atoms with van der Waals surface area (Å²) < 4.78 is 5.63. The molecule has 0 unspecified atom stereocenters. The molecule has 162 valence electrons. The molecule has 3 aromatic heterocycles. The quantitative estimate of drug-likeness (QED) is 0.607. The second-order valence-corrected chi connectivity index (χ2v) is 9.72. The zero-order chi connectivity index (χ0) is 20.8. The highest BCUT2D eigenvalue weighted by atomic mass is 16.5. The Bertz CT molecular complexity index is 1080. The van der Waals surface area contributed by atoms with Gasteiger partial charge in [-0.2, -0.15) is 0 Å². The molecule has 0 aromatic carbocycles. The molecule has 1 N–H and O–H groups in total. The fourth-order valence-corrected chi connectivity index (χ4v) is 5.50. The first-order valence-corrected chi connectivity index (χ1v) is 12.1. The number of aromatic amines is 1. The van der Waals surface area contributed by atoms with Gasteiger partial charge in [-0.05, 0) is 87.1 Å². The molecule has 5 nitrogen and oxygen atoms in total. The Kier molecular flexibility index (Phi) is 5.04. The predicted molar refractivity (Wildman–Crippen MR) is 123 cm³/mol. The molecule has 0 amide bonds. The first-order chi connectivity index (χ1) is 15.3. The van der Waals surface area contributed by atoms with E-state index in [1.165, 1.54) is 54.4 Å². The van der Waals surface area contributed by atoms with Crippen LogP contribution in [0.15, 0.2) is 30.6 Å². The molecule has 1 atom stereocenters. The molecule has 0 spiro atoms. The van der Waals surface area contributed by atoms with Crippen LogP contribution in [0.25, 0.3) is 22.3 Å². The molecular weight excluding hydrogens is 384 g/mol. The van der Waals surface area contributed by atoms with Crippen LogP contribution in [-0.2, 0) is 11.3 Å². The van der Waals surface area contributed by atoms with Gasteiger partial charge in [-0.25, -0.2) is 4.98 Å². The summed E-state index contributed by atoms with van der Waals surface area (Å²) in [6.45, 7) is 6.22. The van der Waals surface area contributed by atoms with Crippen LogP contribution in [-0.4, -0.2) is 45.7 Å². The van der Waals surface area contributed by atoms with E-state index in [0.717, 1.165) is 49.5 Å². The van der Waals surface area contributed by atoms with Crippen LogP contribution in [0, 0.1) is 0 Å². The highest BCUT2D eigenvalue weighted by Gasteiger charge is 2.27. The Balaban J connectivity index is 1.38. The summed E-state index contributed by atoms with van der Waals surface area (Å²) in [7, 11) is 0. The average molecular weight is 417 g/mol. The number of hydrogen-bond acceptors (Lipinski definition) is 4. The van der Waals surface area contributed by atoms with Crippen molar-refractivity contribution < 1.29 is 4.74 Å². The maximum absolute atomic E-state index is 5.63. The summed E-state index contributed by atoms with van der Waals surface area (Å²) in [4.78, 5) is 15.9. The lowest BCUT2D eigenvalue weighted by molar-refractivity contribution is 0.0848. The van der Waals surface area contributed by atoms with Gasteiger partial charge in [-0.15, -0.1) is 0 Å². The summed E-state index contributed by atoms with van der Waals surface area (Å²) in [5, 5.41) is 1.27. The molecule has 0 radical (unpaired) electrons. The Hall–Kier alpha value is -2.24. The van der Waals surface area contributed by atoms with Gasteiger partial charge in [0.2, 0.25) is 0 Å². The van der Waals surface area contributed by atoms with E-state index in [1.54, 1.807) is 0 Å². The molecule has 5 heterocycles. The summed E-state index contributed by atoms with van der Waals surface area (Å²) in [6, 6.07) is 7.50. The molecule has 3 aromatic rings. The lowest BCUT2D eigenvalue weighted by atomic mass is 9.89. The molecule has 3 aliphatic rings. The number of likely N-dealkylation sites (tertiary alicyclic amines) is 1. The van der Waals surface area contributed by atoms with Crippen molar-refractivity contribution in [2.24, 2.45) is 0 Å². The number of hydrogen-bond donors (Lipinski definition) is 1. The number of pyridine rings is 2. The first-order valence-electron chi connectivity index (χ1n) is 12.1. The molecular formula is C26H32N4O. The normalized spacial score (nSPS) is 23.1. The van der Waals surface area contributed by atoms with E-state index in [0.29, 0.717) is 17.9 Å². The van der Waals surface area contributed by atoms with Crippen LogP contribution in [0.2, 0.25) is 0 Å². The van der Waals surface area contributed by atoms with Crippen LogP contribution in [0.5, 0.6) is 0 Å². The van der Waals surface area contributed by atoms with Crippen molar-refractivity contribution in [1.29, 1.82) is 0 Å². The molecule has 1 aliphatic carbocycles. The van der Waals surface area contributed by atoms with Crippen molar-refractivity contribution in [1.82, 2.24) is 19.9 Å². The minimum Gasteiger partial charge on any atom is -0.381 e. The van der Waals surface area contributed by atoms with E-state index in [-0.39, 0.29) is 0 Å². The van der Waals surface area contributed by atoms with Gasteiger partial charge >= 0.3 is 0 Å². The highest BCUT2D eigenvalue weighted by molar-refractivity contribution is 5.85. The molecule has 6 rings (SSSR count). The molecule has 1 saturated carbocycles. The van der Waals surface area contributed by atoms with Crippen molar-refractivity contribution in [3.8, 4) is 11.3 Å². The van der Waals surface area contributed by atoms with E-state index in [4.69, 9.17) is 14.7 Å². The van der Waals surface area contributed by atoms with E-state index in [9.17, 15) is 0 Å². The van der Waals surface area contributed by atoms with Gasteiger partial charge in [0.05, 0.1) is 11.4 Å². The number of aromatic nitrogens is 3. The fourth-order valence-electron chi connectivity index (χ4n) is 5.50. The van der Waals surface area contributed by atoms with Gasteiger partial charge in [0, 0.05) is 49.1 Å². The Morgan fingerprint density at radius 2 is 1.90 bits per heavy atom. The third-order valence-corrected chi connectivity index (χ3v) is 7.59. The SMILES string of the molecule is C[C@@H]1CCCN1Cc1nc(-c2cnc3[nH]cc(C4CC4)c3c2)ccc1C1CCOCC1. The third-order valence-electron chi connectivity index (χ3n) is 7.59. The van der Waals surface area contributed by atoms with E-state index in [2.05, 4.69) is 41.2 Å². The average Bonchev–Trinajstić information content (AvgIpc) is 3.44. The van der Waals surface area contributed by atoms with Gasteiger partial charge in [0.1, 0.15) is 5.65 Å². The van der Waals surface area contributed by atoms with Crippen LogP contribution in [0.1, 0.15) is 74.1 Å². The van der Waals surface area contributed by atoms with Crippen LogP contribution >= 0.6 is 0 Å². The van der Waals surface area contributed by atoms with Gasteiger partial charge in [0.25, 0.3) is 0 Å². The number of nitrogens with one attached hydrogen (secondary N) is 1. The molecule has 5 heteroatoms. The van der Waals surface area contributed by atoms with E-state index in [1.807, 2.05) is 6.20 Å².